The van der Waals surface area contributed by atoms with Gasteiger partial charge in [-0.05, 0) is 36.0 Å². The van der Waals surface area contributed by atoms with Gasteiger partial charge >= 0.3 is 0 Å². The molecule has 1 saturated heterocycles. The second-order valence-electron chi connectivity index (χ2n) is 9.14. The van der Waals surface area contributed by atoms with Gasteiger partial charge in [-0.1, -0.05) is 75.2 Å². The largest absolute Gasteiger partial charge is 0.357 e. The Morgan fingerprint density at radius 2 is 1.84 bits per heavy atom. The summed E-state index contributed by atoms with van der Waals surface area (Å²) in [7, 11) is 0. The molecule has 0 radical (unpaired) electrons. The number of nitro groups is 1. The quantitative estimate of drug-likeness (QED) is 0.427. The molecule has 3 heterocycles. The van der Waals surface area contributed by atoms with Crippen molar-refractivity contribution in [2.24, 2.45) is 5.92 Å². The molecule has 0 bridgehead atoms. The van der Waals surface area contributed by atoms with Crippen LogP contribution in [0.4, 0.5) is 0 Å². The van der Waals surface area contributed by atoms with Gasteiger partial charge in [-0.3, -0.25) is 15.0 Å². The van der Waals surface area contributed by atoms with Gasteiger partial charge in [0.15, 0.2) is 0 Å². The third-order valence-electron chi connectivity index (χ3n) is 7.66. The van der Waals surface area contributed by atoms with Crippen molar-refractivity contribution >= 4 is 10.9 Å². The van der Waals surface area contributed by atoms with Crippen LogP contribution in [0.1, 0.15) is 61.9 Å². The van der Waals surface area contributed by atoms with Gasteiger partial charge in [-0.15, -0.1) is 0 Å². The lowest BCUT2D eigenvalue weighted by molar-refractivity contribution is -0.542. The zero-order valence-corrected chi connectivity index (χ0v) is 18.3. The number of para-hydroxylation sites is 1. The summed E-state index contributed by atoms with van der Waals surface area (Å²) in [5, 5.41) is 13.8. The number of aromatic amines is 1. The van der Waals surface area contributed by atoms with Crippen molar-refractivity contribution < 1.29 is 4.92 Å². The molecule has 5 nitrogen and oxygen atoms in total. The fourth-order valence-corrected chi connectivity index (χ4v) is 6.51. The molecule has 1 aromatic heterocycles. The zero-order valence-electron chi connectivity index (χ0n) is 18.3. The third kappa shape index (κ3) is 3.18. The first-order valence-corrected chi connectivity index (χ1v) is 11.7. The second kappa shape index (κ2) is 8.12. The highest BCUT2D eigenvalue weighted by molar-refractivity contribution is 5.85. The average Bonchev–Trinajstić information content (AvgIpc) is 3.18. The first kappa shape index (κ1) is 20.3. The monoisotopic (exact) mass is 417 g/mol. The summed E-state index contributed by atoms with van der Waals surface area (Å²) in [6.07, 6.45) is 3.68. The van der Waals surface area contributed by atoms with E-state index in [1.54, 1.807) is 0 Å². The lowest BCUT2D eigenvalue weighted by atomic mass is 9.66. The van der Waals surface area contributed by atoms with E-state index in [1.807, 2.05) is 18.2 Å². The zero-order chi connectivity index (χ0) is 21.5. The normalized spacial score (nSPS) is 28.3. The van der Waals surface area contributed by atoms with E-state index in [2.05, 4.69) is 60.1 Å². The third-order valence-corrected chi connectivity index (χ3v) is 7.66. The van der Waals surface area contributed by atoms with E-state index in [-0.39, 0.29) is 28.8 Å². The van der Waals surface area contributed by atoms with Crippen LogP contribution in [0.2, 0.25) is 0 Å². The fraction of sp³-hybridized carbons (Fsp3) is 0.462. The second-order valence-corrected chi connectivity index (χ2v) is 9.14. The highest BCUT2D eigenvalue weighted by Crippen LogP contribution is 2.52. The molecule has 1 fully saturated rings. The molecular formula is C26H31N3O2. The van der Waals surface area contributed by atoms with Crippen LogP contribution in [0.15, 0.2) is 54.6 Å². The summed E-state index contributed by atoms with van der Waals surface area (Å²) in [5.41, 5.74) is 5.00. The summed E-state index contributed by atoms with van der Waals surface area (Å²) in [6.45, 7) is 5.24. The minimum Gasteiger partial charge on any atom is -0.357 e. The molecule has 162 valence electrons. The van der Waals surface area contributed by atoms with Crippen molar-refractivity contribution in [2.75, 3.05) is 6.54 Å². The molecule has 5 rings (SSSR count). The SMILES string of the molecule is CCC[C@H]1[C@@H]([N+](=O)[O-])[C@H](c2ccccc2)[C@@H](CC)[C@@H]2c3[nH]c4ccccc4c3CCN12. The molecule has 5 atom stereocenters. The molecule has 5 heteroatoms. The van der Waals surface area contributed by atoms with E-state index in [9.17, 15) is 10.1 Å². The van der Waals surface area contributed by atoms with Crippen molar-refractivity contribution in [3.63, 3.8) is 0 Å². The Labute approximate surface area is 183 Å². The molecule has 3 aromatic rings. The van der Waals surface area contributed by atoms with E-state index in [0.29, 0.717) is 0 Å². The molecule has 0 saturated carbocycles. The van der Waals surface area contributed by atoms with E-state index >= 15 is 0 Å². The molecule has 2 aliphatic rings. The van der Waals surface area contributed by atoms with Crippen molar-refractivity contribution in [3.05, 3.63) is 81.5 Å². The van der Waals surface area contributed by atoms with E-state index in [1.165, 1.54) is 22.2 Å². The predicted octanol–water partition coefficient (Wildman–Crippen LogP) is 5.70. The molecule has 31 heavy (non-hydrogen) atoms. The lowest BCUT2D eigenvalue weighted by Crippen LogP contribution is -2.60. The maximum Gasteiger partial charge on any atom is 0.235 e. The number of hydrogen-bond donors (Lipinski definition) is 1. The number of hydrogen-bond acceptors (Lipinski definition) is 3. The minimum atomic E-state index is -0.575. The highest BCUT2D eigenvalue weighted by Gasteiger charge is 2.56. The number of H-pyrrole nitrogens is 1. The summed E-state index contributed by atoms with van der Waals surface area (Å²) in [6, 6.07) is 18.4. The van der Waals surface area contributed by atoms with Crippen LogP contribution in [0.5, 0.6) is 0 Å². The van der Waals surface area contributed by atoms with Crippen LogP contribution in [-0.2, 0) is 6.42 Å². The summed E-state index contributed by atoms with van der Waals surface area (Å²) >= 11 is 0. The van der Waals surface area contributed by atoms with Crippen molar-refractivity contribution in [2.45, 2.75) is 63.6 Å². The Morgan fingerprint density at radius 3 is 2.55 bits per heavy atom. The number of aromatic nitrogens is 1. The first-order chi connectivity index (χ1) is 15.2. The predicted molar refractivity (Wildman–Crippen MR) is 124 cm³/mol. The Bertz CT molecular complexity index is 1080. The maximum absolute atomic E-state index is 12.5. The van der Waals surface area contributed by atoms with E-state index in [4.69, 9.17) is 0 Å². The number of piperidine rings is 1. The number of fused-ring (bicyclic) bond motifs is 5. The van der Waals surface area contributed by atoms with Crippen LogP contribution in [-0.4, -0.2) is 33.4 Å². The Morgan fingerprint density at radius 1 is 1.10 bits per heavy atom. The van der Waals surface area contributed by atoms with Gasteiger partial charge in [0.25, 0.3) is 0 Å². The van der Waals surface area contributed by atoms with Crippen molar-refractivity contribution in [1.29, 1.82) is 0 Å². The van der Waals surface area contributed by atoms with E-state index in [0.717, 1.165) is 37.8 Å². The molecule has 1 N–H and O–H groups in total. The molecule has 2 aromatic carbocycles. The average molecular weight is 418 g/mol. The summed E-state index contributed by atoms with van der Waals surface area (Å²) < 4.78 is 0. The molecule has 0 amide bonds. The molecule has 0 aliphatic carbocycles. The lowest BCUT2D eigenvalue weighted by Gasteiger charge is -2.52. The number of rotatable bonds is 5. The summed E-state index contributed by atoms with van der Waals surface area (Å²) in [4.78, 5) is 18.8. The Hall–Kier alpha value is -2.66. The fourth-order valence-electron chi connectivity index (χ4n) is 6.51. The Balaban J connectivity index is 1.70. The van der Waals surface area contributed by atoms with Gasteiger partial charge in [-0.25, -0.2) is 0 Å². The molecule has 0 spiro atoms. The summed E-state index contributed by atoms with van der Waals surface area (Å²) in [5.74, 6) is 0.106. The van der Waals surface area contributed by atoms with Gasteiger partial charge in [0.05, 0.1) is 18.0 Å². The first-order valence-electron chi connectivity index (χ1n) is 11.7. The highest BCUT2D eigenvalue weighted by atomic mass is 16.6. The van der Waals surface area contributed by atoms with Gasteiger partial charge in [-0.2, -0.15) is 0 Å². The molecule has 2 aliphatic heterocycles. The van der Waals surface area contributed by atoms with Gasteiger partial charge < -0.3 is 4.98 Å². The van der Waals surface area contributed by atoms with Crippen LogP contribution in [0.25, 0.3) is 10.9 Å². The van der Waals surface area contributed by atoms with Crippen LogP contribution in [0.3, 0.4) is 0 Å². The minimum absolute atomic E-state index is 0.0254. The number of nitrogens with one attached hydrogen (secondary N) is 1. The van der Waals surface area contributed by atoms with Crippen molar-refractivity contribution in [1.82, 2.24) is 9.88 Å². The number of nitrogens with zero attached hydrogens (tertiary/aromatic N) is 2. The topological polar surface area (TPSA) is 62.2 Å². The smallest absolute Gasteiger partial charge is 0.235 e. The van der Waals surface area contributed by atoms with Crippen LogP contribution < -0.4 is 0 Å². The Kier molecular flexibility index (Phi) is 5.30. The maximum atomic E-state index is 12.5. The van der Waals surface area contributed by atoms with Crippen molar-refractivity contribution in [3.8, 4) is 0 Å². The standard InChI is InChI=1S/C26H31N3O2/c1-3-10-22-26(29(30)31)23(17-11-6-5-7-12-17)18(4-2)25-24-20(15-16-28(22)25)19-13-8-9-14-21(19)27-24/h5-9,11-14,18,22-23,25-27H,3-4,10,15-16H2,1-2H3/t18-,22+,23-,25-,26-/m1/s1. The molecular weight excluding hydrogens is 386 g/mol. The van der Waals surface area contributed by atoms with Gasteiger partial charge in [0.2, 0.25) is 6.04 Å². The number of benzene rings is 2. The molecule has 0 unspecified atom stereocenters. The van der Waals surface area contributed by atoms with Crippen LogP contribution in [0, 0.1) is 16.0 Å². The van der Waals surface area contributed by atoms with E-state index < -0.39 is 6.04 Å². The van der Waals surface area contributed by atoms with Gasteiger partial charge in [0.1, 0.15) is 0 Å². The van der Waals surface area contributed by atoms with Crippen LogP contribution >= 0.6 is 0 Å². The van der Waals surface area contributed by atoms with Gasteiger partial charge in [0, 0.05) is 28.1 Å².